The van der Waals surface area contributed by atoms with Gasteiger partial charge in [-0.1, -0.05) is 11.6 Å². The maximum absolute atomic E-state index is 12.8. The second kappa shape index (κ2) is 10.3. The van der Waals surface area contributed by atoms with E-state index in [0.717, 1.165) is 12.8 Å². The molecule has 0 aromatic rings. The van der Waals surface area contributed by atoms with Gasteiger partial charge in [-0.15, -0.1) is 0 Å². The molecule has 3 fully saturated rings. The molecule has 6 atom stereocenters. The lowest BCUT2D eigenvalue weighted by Crippen LogP contribution is -2.56. The molecule has 2 aliphatic heterocycles. The quantitative estimate of drug-likeness (QED) is 0.387. The Balaban J connectivity index is 1.61. The highest BCUT2D eigenvalue weighted by Gasteiger charge is 2.72. The zero-order chi connectivity index (χ0) is 24.4. The monoisotopic (exact) mass is 467 g/mol. The van der Waals surface area contributed by atoms with Crippen molar-refractivity contribution in [3.63, 3.8) is 0 Å². The lowest BCUT2D eigenvalue weighted by molar-refractivity contribution is -0.129. The van der Waals surface area contributed by atoms with E-state index in [4.69, 9.17) is 18.9 Å². The summed E-state index contributed by atoms with van der Waals surface area (Å²) in [5.41, 5.74) is 0.655. The third kappa shape index (κ3) is 5.70. The van der Waals surface area contributed by atoms with Gasteiger partial charge < -0.3 is 34.1 Å². The van der Waals surface area contributed by atoms with Crippen LogP contribution in [0.4, 0.5) is 4.79 Å². The molecule has 2 amide bonds. The number of nitrogens with one attached hydrogen (secondary N) is 1. The average molecular weight is 468 g/mol. The van der Waals surface area contributed by atoms with Gasteiger partial charge in [-0.2, -0.15) is 0 Å². The van der Waals surface area contributed by atoms with E-state index >= 15 is 0 Å². The van der Waals surface area contributed by atoms with E-state index in [1.165, 1.54) is 10.5 Å². The van der Waals surface area contributed by atoms with E-state index in [0.29, 0.717) is 26.1 Å². The summed E-state index contributed by atoms with van der Waals surface area (Å²) in [6.07, 6.45) is 3.57. The number of methoxy groups -OCH3 is 1. The second-order valence-electron chi connectivity index (χ2n) is 10.1. The largest absolute Gasteiger partial charge is 0.443 e. The number of hydrogen-bond acceptors (Lipinski definition) is 7. The number of hydrogen-bond donors (Lipinski definition) is 1. The minimum Gasteiger partial charge on any atom is -0.443 e. The Kier molecular flexibility index (Phi) is 8.09. The van der Waals surface area contributed by atoms with E-state index in [1.807, 2.05) is 0 Å². The Bertz CT molecular complexity index is 750. The van der Waals surface area contributed by atoms with Gasteiger partial charge in [0, 0.05) is 34.3 Å². The zero-order valence-electron chi connectivity index (χ0n) is 21.2. The van der Waals surface area contributed by atoms with Crippen molar-refractivity contribution in [2.45, 2.75) is 69.5 Å². The van der Waals surface area contributed by atoms with E-state index < -0.39 is 6.09 Å². The standard InChI is InChI=1S/C24H41N3O6/c1-16(2)8-9-18-23(3,33-18)21-20(30-7)17(10-11-24(21)15-31-24)32-22(29)27(6)13-12-26(5)19(28)14-25-4/h8,17-18,20-21,25H,9-15H2,1-7H3/t17?,18-,20?,21?,23+,24+/m1/s1. The third-order valence-corrected chi connectivity index (χ3v) is 7.33. The Morgan fingerprint density at radius 1 is 1.21 bits per heavy atom. The average Bonchev–Trinajstić information content (AvgIpc) is 3.68. The highest BCUT2D eigenvalue weighted by molar-refractivity contribution is 5.78. The number of rotatable bonds is 10. The van der Waals surface area contributed by atoms with Crippen molar-refractivity contribution in [2.24, 2.45) is 5.92 Å². The summed E-state index contributed by atoms with van der Waals surface area (Å²) >= 11 is 0. The molecular weight excluding hydrogens is 426 g/mol. The zero-order valence-corrected chi connectivity index (χ0v) is 21.2. The fourth-order valence-corrected chi connectivity index (χ4v) is 5.09. The van der Waals surface area contributed by atoms with Crippen molar-refractivity contribution >= 4 is 12.0 Å². The van der Waals surface area contributed by atoms with Crippen LogP contribution in [0.3, 0.4) is 0 Å². The molecule has 0 aromatic carbocycles. The molecule has 1 aliphatic carbocycles. The van der Waals surface area contributed by atoms with E-state index in [9.17, 15) is 9.59 Å². The molecular formula is C24H41N3O6. The number of carbonyl (C=O) groups excluding carboxylic acids is 2. The van der Waals surface area contributed by atoms with Gasteiger partial charge in [0.05, 0.1) is 25.2 Å². The number of ether oxygens (including phenoxy) is 4. The van der Waals surface area contributed by atoms with E-state index in [1.54, 1.807) is 33.2 Å². The number of epoxide rings is 2. The molecule has 0 bridgehead atoms. The van der Waals surface area contributed by atoms with Crippen molar-refractivity contribution in [1.29, 1.82) is 0 Å². The molecule has 0 aromatic heterocycles. The van der Waals surface area contributed by atoms with Gasteiger partial charge in [-0.3, -0.25) is 4.79 Å². The number of allylic oxidation sites excluding steroid dienone is 1. The number of amides is 2. The number of carbonyl (C=O) groups is 2. The minimum atomic E-state index is -0.411. The maximum atomic E-state index is 12.8. The van der Waals surface area contributed by atoms with Gasteiger partial charge in [0.1, 0.15) is 23.4 Å². The van der Waals surface area contributed by atoms with Gasteiger partial charge >= 0.3 is 6.09 Å². The normalized spacial score (nSPS) is 34.5. The molecule has 2 heterocycles. The molecule has 188 valence electrons. The highest BCUT2D eigenvalue weighted by atomic mass is 16.6. The summed E-state index contributed by atoms with van der Waals surface area (Å²) in [7, 11) is 6.81. The Labute approximate surface area is 197 Å². The van der Waals surface area contributed by atoms with Crippen LogP contribution in [0.5, 0.6) is 0 Å². The first-order valence-electron chi connectivity index (χ1n) is 11.9. The smallest absolute Gasteiger partial charge is 0.409 e. The highest BCUT2D eigenvalue weighted by Crippen LogP contribution is 2.59. The van der Waals surface area contributed by atoms with Crippen LogP contribution in [0, 0.1) is 5.92 Å². The van der Waals surface area contributed by atoms with Crippen molar-refractivity contribution in [2.75, 3.05) is 54.5 Å². The fraction of sp³-hybridized carbons (Fsp3) is 0.833. The van der Waals surface area contributed by atoms with Crippen LogP contribution >= 0.6 is 0 Å². The van der Waals surface area contributed by atoms with Crippen LogP contribution in [0.1, 0.15) is 40.0 Å². The Morgan fingerprint density at radius 2 is 1.88 bits per heavy atom. The Hall–Kier alpha value is -1.68. The maximum Gasteiger partial charge on any atom is 0.409 e. The van der Waals surface area contributed by atoms with E-state index in [-0.39, 0.29) is 47.9 Å². The molecule has 1 saturated carbocycles. The first-order chi connectivity index (χ1) is 15.6. The van der Waals surface area contributed by atoms with Crippen molar-refractivity contribution in [3.05, 3.63) is 11.6 Å². The van der Waals surface area contributed by atoms with Crippen LogP contribution in [0.15, 0.2) is 11.6 Å². The summed E-state index contributed by atoms with van der Waals surface area (Å²) < 4.78 is 24.0. The predicted molar refractivity (Wildman–Crippen MR) is 124 cm³/mol. The van der Waals surface area contributed by atoms with Crippen LogP contribution in [-0.2, 0) is 23.7 Å². The van der Waals surface area contributed by atoms with Crippen LogP contribution in [-0.4, -0.2) is 106 Å². The summed E-state index contributed by atoms with van der Waals surface area (Å²) in [5, 5.41) is 2.84. The van der Waals surface area contributed by atoms with Gasteiger partial charge in [-0.05, 0) is 47.1 Å². The Morgan fingerprint density at radius 3 is 2.45 bits per heavy atom. The first kappa shape index (κ1) is 25.9. The van der Waals surface area contributed by atoms with Crippen molar-refractivity contribution < 1.29 is 28.5 Å². The first-order valence-corrected chi connectivity index (χ1v) is 11.9. The molecule has 9 heteroatoms. The molecule has 3 rings (SSSR count). The molecule has 1 N–H and O–H groups in total. The summed E-state index contributed by atoms with van der Waals surface area (Å²) in [4.78, 5) is 27.9. The van der Waals surface area contributed by atoms with Gasteiger partial charge in [0.15, 0.2) is 0 Å². The van der Waals surface area contributed by atoms with E-state index in [2.05, 4.69) is 32.2 Å². The number of nitrogens with zero attached hydrogens (tertiary/aromatic N) is 2. The lowest BCUT2D eigenvalue weighted by atomic mass is 9.68. The third-order valence-electron chi connectivity index (χ3n) is 7.33. The van der Waals surface area contributed by atoms with Crippen molar-refractivity contribution in [1.82, 2.24) is 15.1 Å². The number of likely N-dealkylation sites (N-methyl/N-ethyl adjacent to an activating group) is 3. The molecule has 33 heavy (non-hydrogen) atoms. The van der Waals surface area contributed by atoms with Gasteiger partial charge in [0.25, 0.3) is 0 Å². The lowest BCUT2D eigenvalue weighted by Gasteiger charge is -2.43. The summed E-state index contributed by atoms with van der Waals surface area (Å²) in [6, 6.07) is 0. The SMILES string of the molecule is CNCC(=O)N(C)CCN(C)C(=O)OC1CC[C@]2(CO2)C([C@@]2(C)O[C@@H]2CC=C(C)C)C1OC. The van der Waals surface area contributed by atoms with Gasteiger partial charge in [-0.25, -0.2) is 4.79 Å². The van der Waals surface area contributed by atoms with Crippen LogP contribution in [0.2, 0.25) is 0 Å². The van der Waals surface area contributed by atoms with Crippen LogP contribution in [0.25, 0.3) is 0 Å². The van der Waals surface area contributed by atoms with Gasteiger partial charge in [0.2, 0.25) is 5.91 Å². The molecule has 3 aliphatic rings. The van der Waals surface area contributed by atoms with Crippen LogP contribution < -0.4 is 5.32 Å². The predicted octanol–water partition coefficient (Wildman–Crippen LogP) is 1.81. The molecule has 3 unspecified atom stereocenters. The molecule has 0 radical (unpaired) electrons. The second-order valence-corrected chi connectivity index (χ2v) is 10.1. The molecule has 2 saturated heterocycles. The van der Waals surface area contributed by atoms with Crippen molar-refractivity contribution in [3.8, 4) is 0 Å². The summed E-state index contributed by atoms with van der Waals surface area (Å²) in [6.45, 7) is 8.08. The summed E-state index contributed by atoms with van der Waals surface area (Å²) in [5.74, 6) is -0.0309. The molecule has 1 spiro atoms. The minimum absolute atomic E-state index is 0.00674. The topological polar surface area (TPSA) is 96.2 Å². The fourth-order valence-electron chi connectivity index (χ4n) is 5.09. The molecule has 9 nitrogen and oxygen atoms in total.